The Labute approximate surface area is 83.1 Å². The van der Waals surface area contributed by atoms with Crippen molar-refractivity contribution in [1.82, 2.24) is 0 Å². The molecule has 0 unspecified atom stereocenters. The first-order chi connectivity index (χ1) is 5.65. The third kappa shape index (κ3) is 1.91. The molecular weight excluding hydrogens is 241 g/mol. The number of benzene rings is 1. The van der Waals surface area contributed by atoms with Crippen molar-refractivity contribution in [2.45, 2.75) is 6.92 Å². The van der Waals surface area contributed by atoms with Gasteiger partial charge >= 0.3 is 0 Å². The Kier molecular flexibility index (Phi) is 2.98. The number of hydrogen-bond donors (Lipinski definition) is 0. The van der Waals surface area contributed by atoms with Crippen molar-refractivity contribution < 1.29 is 0 Å². The maximum absolute atomic E-state index is 8.18. The van der Waals surface area contributed by atoms with Crippen LogP contribution in [0.25, 0.3) is 10.4 Å². The number of azide groups is 1. The number of halogens is 2. The SMILES string of the molecule is Cc1cc(N=[N+]=[N-])cc(Br)c1Cl. The third-order valence-electron chi connectivity index (χ3n) is 1.36. The predicted molar refractivity (Wildman–Crippen MR) is 52.7 cm³/mol. The molecule has 0 radical (unpaired) electrons. The average molecular weight is 246 g/mol. The highest BCUT2D eigenvalue weighted by Crippen LogP contribution is 2.30. The zero-order valence-corrected chi connectivity index (χ0v) is 8.59. The van der Waals surface area contributed by atoms with Gasteiger partial charge in [0.1, 0.15) is 0 Å². The minimum atomic E-state index is 0.561. The molecule has 0 saturated carbocycles. The van der Waals surface area contributed by atoms with Gasteiger partial charge < -0.3 is 0 Å². The van der Waals surface area contributed by atoms with Crippen LogP contribution in [-0.4, -0.2) is 0 Å². The normalized spacial score (nSPS) is 9.25. The molecule has 12 heavy (non-hydrogen) atoms. The monoisotopic (exact) mass is 245 g/mol. The summed E-state index contributed by atoms with van der Waals surface area (Å²) in [7, 11) is 0. The summed E-state index contributed by atoms with van der Waals surface area (Å²) >= 11 is 9.12. The molecular formula is C7H5BrClN3. The lowest BCUT2D eigenvalue weighted by atomic mass is 10.2. The molecule has 0 spiro atoms. The second kappa shape index (κ2) is 3.81. The Bertz CT molecular complexity index is 335. The Balaban J connectivity index is 3.30. The lowest BCUT2D eigenvalue weighted by molar-refractivity contribution is 1.39. The fraction of sp³-hybridized carbons (Fsp3) is 0.143. The molecule has 0 saturated heterocycles. The molecule has 0 fully saturated rings. The van der Waals surface area contributed by atoms with E-state index in [0.717, 1.165) is 10.0 Å². The van der Waals surface area contributed by atoms with E-state index in [4.69, 9.17) is 17.1 Å². The van der Waals surface area contributed by atoms with Crippen LogP contribution < -0.4 is 0 Å². The first-order valence-corrected chi connectivity index (χ1v) is 4.33. The summed E-state index contributed by atoms with van der Waals surface area (Å²) in [6.07, 6.45) is 0. The summed E-state index contributed by atoms with van der Waals surface area (Å²) < 4.78 is 0.742. The molecule has 1 aromatic rings. The van der Waals surface area contributed by atoms with Crippen molar-refractivity contribution in [1.29, 1.82) is 0 Å². The summed E-state index contributed by atoms with van der Waals surface area (Å²) in [5, 5.41) is 4.11. The average Bonchev–Trinajstić information content (AvgIpc) is 2.01. The Morgan fingerprint density at radius 3 is 2.75 bits per heavy atom. The third-order valence-corrected chi connectivity index (χ3v) is 2.71. The van der Waals surface area contributed by atoms with Crippen molar-refractivity contribution >= 4 is 33.2 Å². The first-order valence-electron chi connectivity index (χ1n) is 3.16. The van der Waals surface area contributed by atoms with Gasteiger partial charge in [-0.1, -0.05) is 16.7 Å². The molecule has 5 heteroatoms. The van der Waals surface area contributed by atoms with E-state index in [1.807, 2.05) is 6.92 Å². The molecule has 1 rings (SSSR count). The van der Waals surface area contributed by atoms with Gasteiger partial charge in [0.2, 0.25) is 0 Å². The zero-order valence-electron chi connectivity index (χ0n) is 6.25. The van der Waals surface area contributed by atoms with Gasteiger partial charge in [-0.2, -0.15) is 0 Å². The molecule has 0 aliphatic rings. The van der Waals surface area contributed by atoms with Crippen molar-refractivity contribution in [2.75, 3.05) is 0 Å². The number of aryl methyl sites for hydroxylation is 1. The molecule has 0 N–H and O–H groups in total. The smallest absolute Gasteiger partial charge is 0.0577 e. The zero-order chi connectivity index (χ0) is 9.14. The van der Waals surface area contributed by atoms with Crippen molar-refractivity contribution in [3.8, 4) is 0 Å². The largest absolute Gasteiger partial charge is 0.0828 e. The summed E-state index contributed by atoms with van der Waals surface area (Å²) in [5.74, 6) is 0. The van der Waals surface area contributed by atoms with E-state index < -0.39 is 0 Å². The lowest BCUT2D eigenvalue weighted by Crippen LogP contribution is -1.76. The maximum atomic E-state index is 8.18. The fourth-order valence-corrected chi connectivity index (χ4v) is 1.47. The minimum absolute atomic E-state index is 0.561. The van der Waals surface area contributed by atoms with E-state index in [1.54, 1.807) is 12.1 Å². The van der Waals surface area contributed by atoms with E-state index in [1.165, 1.54) is 0 Å². The number of rotatable bonds is 1. The molecule has 1 aromatic carbocycles. The second-order valence-electron chi connectivity index (χ2n) is 2.25. The fourth-order valence-electron chi connectivity index (χ4n) is 0.818. The van der Waals surface area contributed by atoms with Crippen LogP contribution in [0.15, 0.2) is 21.7 Å². The van der Waals surface area contributed by atoms with E-state index >= 15 is 0 Å². The first kappa shape index (κ1) is 9.39. The highest BCUT2D eigenvalue weighted by Gasteiger charge is 2.01. The van der Waals surface area contributed by atoms with Crippen molar-refractivity contribution in [3.05, 3.63) is 37.6 Å². The Hall–Kier alpha value is -0.700. The Morgan fingerprint density at radius 2 is 2.25 bits per heavy atom. The standard InChI is InChI=1S/C7H5BrClN3/c1-4-2-5(11-12-10)3-6(8)7(4)9/h2-3H,1H3. The maximum Gasteiger partial charge on any atom is 0.0577 e. The van der Waals surface area contributed by atoms with Crippen molar-refractivity contribution in [2.24, 2.45) is 5.11 Å². The van der Waals surface area contributed by atoms with E-state index in [9.17, 15) is 0 Å². The van der Waals surface area contributed by atoms with Gasteiger partial charge in [-0.3, -0.25) is 0 Å². The van der Waals surface area contributed by atoms with Gasteiger partial charge in [0.05, 0.1) is 5.02 Å². The molecule has 3 nitrogen and oxygen atoms in total. The van der Waals surface area contributed by atoms with Crippen LogP contribution in [0.5, 0.6) is 0 Å². The van der Waals surface area contributed by atoms with Crippen LogP contribution in [0.1, 0.15) is 5.56 Å². The summed E-state index contributed by atoms with van der Waals surface area (Å²) in [6.45, 7) is 1.85. The molecule has 0 bridgehead atoms. The lowest BCUT2D eigenvalue weighted by Gasteiger charge is -2.01. The van der Waals surface area contributed by atoms with E-state index in [-0.39, 0.29) is 0 Å². The van der Waals surface area contributed by atoms with Crippen LogP contribution in [0, 0.1) is 6.92 Å². The van der Waals surface area contributed by atoms with E-state index in [2.05, 4.69) is 26.0 Å². The highest BCUT2D eigenvalue weighted by molar-refractivity contribution is 9.10. The highest BCUT2D eigenvalue weighted by atomic mass is 79.9. The van der Waals surface area contributed by atoms with Crippen molar-refractivity contribution in [3.63, 3.8) is 0 Å². The van der Waals surface area contributed by atoms with Gasteiger partial charge in [0.15, 0.2) is 0 Å². The van der Waals surface area contributed by atoms with Gasteiger partial charge in [-0.15, -0.1) is 0 Å². The van der Waals surface area contributed by atoms with Crippen LogP contribution >= 0.6 is 27.5 Å². The van der Waals surface area contributed by atoms with Gasteiger partial charge in [0, 0.05) is 15.1 Å². The minimum Gasteiger partial charge on any atom is -0.0828 e. The Morgan fingerprint density at radius 1 is 1.58 bits per heavy atom. The van der Waals surface area contributed by atoms with Gasteiger partial charge in [0.25, 0.3) is 0 Å². The molecule has 0 heterocycles. The second-order valence-corrected chi connectivity index (χ2v) is 3.48. The molecule has 0 aliphatic heterocycles. The summed E-state index contributed by atoms with van der Waals surface area (Å²) in [4.78, 5) is 2.68. The van der Waals surface area contributed by atoms with Crippen LogP contribution in [0.4, 0.5) is 5.69 Å². The molecule has 0 aromatic heterocycles. The van der Waals surface area contributed by atoms with Gasteiger partial charge in [-0.25, -0.2) is 0 Å². The number of hydrogen-bond acceptors (Lipinski definition) is 1. The molecule has 0 amide bonds. The van der Waals surface area contributed by atoms with Gasteiger partial charge in [-0.05, 0) is 46.1 Å². The van der Waals surface area contributed by atoms with Crippen LogP contribution in [-0.2, 0) is 0 Å². The summed E-state index contributed by atoms with van der Waals surface area (Å²) in [6, 6.07) is 3.40. The topological polar surface area (TPSA) is 48.8 Å². The quantitative estimate of drug-likeness (QED) is 0.402. The molecule has 0 aliphatic carbocycles. The summed E-state index contributed by atoms with van der Waals surface area (Å²) in [5.41, 5.74) is 9.62. The number of nitrogens with zero attached hydrogens (tertiary/aromatic N) is 3. The van der Waals surface area contributed by atoms with Crippen LogP contribution in [0.3, 0.4) is 0 Å². The molecule has 0 atom stereocenters. The van der Waals surface area contributed by atoms with E-state index in [0.29, 0.717) is 10.7 Å². The van der Waals surface area contributed by atoms with Crippen LogP contribution in [0.2, 0.25) is 5.02 Å². The molecule has 62 valence electrons. The predicted octanol–water partition coefficient (Wildman–Crippen LogP) is 4.35.